The molecule has 0 saturated heterocycles. The van der Waals surface area contributed by atoms with Crippen LogP contribution in [0.5, 0.6) is 0 Å². The zero-order valence-electron chi connectivity index (χ0n) is 14.1. The molecule has 0 radical (unpaired) electrons. The highest BCUT2D eigenvalue weighted by atomic mass is 16.6. The fraction of sp³-hybridized carbons (Fsp3) is 0.222. The monoisotopic (exact) mass is 337 g/mol. The van der Waals surface area contributed by atoms with Gasteiger partial charge >= 0.3 is 0 Å². The fourth-order valence-electron chi connectivity index (χ4n) is 2.63. The molecule has 7 heteroatoms. The van der Waals surface area contributed by atoms with Crippen molar-refractivity contribution in [3.63, 3.8) is 0 Å². The molecule has 2 heterocycles. The lowest BCUT2D eigenvalue weighted by Gasteiger charge is -2.08. The molecular weight excluding hydrogens is 318 g/mol. The van der Waals surface area contributed by atoms with E-state index in [1.165, 1.54) is 17.8 Å². The van der Waals surface area contributed by atoms with Crippen LogP contribution in [0.4, 0.5) is 11.5 Å². The van der Waals surface area contributed by atoms with E-state index in [4.69, 9.17) is 0 Å². The Kier molecular flexibility index (Phi) is 4.74. The molecule has 2 aromatic heterocycles. The van der Waals surface area contributed by atoms with Gasteiger partial charge in [0, 0.05) is 18.3 Å². The first kappa shape index (κ1) is 16.6. The summed E-state index contributed by atoms with van der Waals surface area (Å²) in [6.45, 7) is 4.72. The minimum Gasteiger partial charge on any atom is -0.370 e. The van der Waals surface area contributed by atoms with Crippen LogP contribution in [0.2, 0.25) is 0 Å². The van der Waals surface area contributed by atoms with Gasteiger partial charge in [-0.1, -0.05) is 12.1 Å². The van der Waals surface area contributed by atoms with Gasteiger partial charge in [-0.25, -0.2) is 9.67 Å². The summed E-state index contributed by atoms with van der Waals surface area (Å²) in [5.74, 6) is 0.630. The molecule has 128 valence electrons. The van der Waals surface area contributed by atoms with E-state index in [-0.39, 0.29) is 5.69 Å². The molecule has 0 aliphatic rings. The van der Waals surface area contributed by atoms with Crippen molar-refractivity contribution in [2.75, 3.05) is 11.9 Å². The maximum Gasteiger partial charge on any atom is 0.287 e. The quantitative estimate of drug-likeness (QED) is 0.550. The lowest BCUT2D eigenvalue weighted by molar-refractivity contribution is -0.385. The number of hydrogen-bond donors (Lipinski definition) is 1. The topological polar surface area (TPSA) is 85.9 Å². The van der Waals surface area contributed by atoms with E-state index in [9.17, 15) is 10.1 Å². The maximum atomic E-state index is 10.6. The molecule has 1 N–H and O–H groups in total. The van der Waals surface area contributed by atoms with E-state index in [0.717, 1.165) is 23.5 Å². The van der Waals surface area contributed by atoms with E-state index in [0.29, 0.717) is 12.4 Å². The average molecular weight is 337 g/mol. The van der Waals surface area contributed by atoms with Crippen LogP contribution >= 0.6 is 0 Å². The van der Waals surface area contributed by atoms with Crippen molar-refractivity contribution in [1.82, 2.24) is 14.8 Å². The van der Waals surface area contributed by atoms with E-state index < -0.39 is 4.92 Å². The molecule has 25 heavy (non-hydrogen) atoms. The SMILES string of the molecule is Cc1cc(C)n(-c2ccc(CCNc3ccc([N+](=O)[O-])cn3)cc2)n1. The predicted octanol–water partition coefficient (Wildman–Crippen LogP) is 3.45. The molecular formula is C18H19N5O2. The highest BCUT2D eigenvalue weighted by Gasteiger charge is 2.05. The molecule has 0 saturated carbocycles. The van der Waals surface area contributed by atoms with E-state index in [1.807, 2.05) is 18.5 Å². The Hall–Kier alpha value is -3.22. The van der Waals surface area contributed by atoms with Crippen LogP contribution in [0.3, 0.4) is 0 Å². The van der Waals surface area contributed by atoms with Gasteiger partial charge in [-0.2, -0.15) is 5.10 Å². The Morgan fingerprint density at radius 2 is 1.92 bits per heavy atom. The zero-order valence-corrected chi connectivity index (χ0v) is 14.1. The van der Waals surface area contributed by atoms with Crippen molar-refractivity contribution in [2.24, 2.45) is 0 Å². The van der Waals surface area contributed by atoms with Crippen LogP contribution in [-0.4, -0.2) is 26.2 Å². The third-order valence-corrected chi connectivity index (χ3v) is 3.87. The third kappa shape index (κ3) is 4.00. The maximum absolute atomic E-state index is 10.6. The van der Waals surface area contributed by atoms with E-state index >= 15 is 0 Å². The minimum absolute atomic E-state index is 0.00899. The van der Waals surface area contributed by atoms with Crippen LogP contribution in [-0.2, 0) is 6.42 Å². The third-order valence-electron chi connectivity index (χ3n) is 3.87. The molecule has 0 fully saturated rings. The van der Waals surface area contributed by atoms with E-state index in [2.05, 4.69) is 45.7 Å². The summed E-state index contributed by atoms with van der Waals surface area (Å²) in [6.07, 6.45) is 2.08. The second-order valence-corrected chi connectivity index (χ2v) is 5.84. The molecule has 1 aromatic carbocycles. The fourth-order valence-corrected chi connectivity index (χ4v) is 2.63. The summed E-state index contributed by atoms with van der Waals surface area (Å²) in [5.41, 5.74) is 4.34. The Labute approximate surface area is 145 Å². The molecule has 0 spiro atoms. The number of pyridine rings is 1. The van der Waals surface area contributed by atoms with Crippen molar-refractivity contribution in [1.29, 1.82) is 0 Å². The van der Waals surface area contributed by atoms with Crippen LogP contribution < -0.4 is 5.32 Å². The molecule has 0 unspecified atom stereocenters. The van der Waals surface area contributed by atoms with Gasteiger partial charge in [0.25, 0.3) is 5.69 Å². The van der Waals surface area contributed by atoms with Crippen molar-refractivity contribution in [3.05, 3.63) is 75.7 Å². The van der Waals surface area contributed by atoms with Crippen molar-refractivity contribution in [2.45, 2.75) is 20.3 Å². The molecule has 7 nitrogen and oxygen atoms in total. The number of nitrogens with one attached hydrogen (secondary N) is 1. The van der Waals surface area contributed by atoms with Crippen molar-refractivity contribution in [3.8, 4) is 5.69 Å². The van der Waals surface area contributed by atoms with Crippen LogP contribution in [0.15, 0.2) is 48.7 Å². The van der Waals surface area contributed by atoms with Gasteiger partial charge in [-0.15, -0.1) is 0 Å². The number of rotatable bonds is 6. The van der Waals surface area contributed by atoms with Crippen LogP contribution in [0, 0.1) is 24.0 Å². The molecule has 3 rings (SSSR count). The molecule has 3 aromatic rings. The van der Waals surface area contributed by atoms with Gasteiger partial charge in [0.05, 0.1) is 16.3 Å². The summed E-state index contributed by atoms with van der Waals surface area (Å²) in [5, 5.41) is 18.2. The number of nitrogens with zero attached hydrogens (tertiary/aromatic N) is 4. The van der Waals surface area contributed by atoms with Gasteiger partial charge in [0.1, 0.15) is 12.0 Å². The number of nitro groups is 1. The summed E-state index contributed by atoms with van der Waals surface area (Å²) in [7, 11) is 0. The molecule has 0 atom stereocenters. The molecule has 0 amide bonds. The van der Waals surface area contributed by atoms with Gasteiger partial charge in [0.15, 0.2) is 0 Å². The molecule has 0 aliphatic heterocycles. The molecule has 0 aliphatic carbocycles. The number of hydrogen-bond acceptors (Lipinski definition) is 5. The summed E-state index contributed by atoms with van der Waals surface area (Å²) < 4.78 is 1.93. The average Bonchev–Trinajstić information content (AvgIpc) is 2.94. The Bertz CT molecular complexity index is 869. The Balaban J connectivity index is 1.57. The van der Waals surface area contributed by atoms with Crippen molar-refractivity contribution < 1.29 is 4.92 Å². The lowest BCUT2D eigenvalue weighted by Crippen LogP contribution is -2.06. The first-order valence-corrected chi connectivity index (χ1v) is 8.00. The molecule has 0 bridgehead atoms. The van der Waals surface area contributed by atoms with Gasteiger partial charge in [0.2, 0.25) is 0 Å². The lowest BCUT2D eigenvalue weighted by atomic mass is 10.1. The summed E-state index contributed by atoms with van der Waals surface area (Å²) >= 11 is 0. The van der Waals surface area contributed by atoms with Crippen LogP contribution in [0.1, 0.15) is 17.0 Å². The number of aromatic nitrogens is 3. The second kappa shape index (κ2) is 7.12. The number of benzene rings is 1. The van der Waals surface area contributed by atoms with Gasteiger partial charge in [-0.05, 0) is 50.1 Å². The highest BCUT2D eigenvalue weighted by molar-refractivity contribution is 5.40. The van der Waals surface area contributed by atoms with Gasteiger partial charge < -0.3 is 5.32 Å². The summed E-state index contributed by atoms with van der Waals surface area (Å²) in [4.78, 5) is 14.2. The minimum atomic E-state index is -0.457. The Morgan fingerprint density at radius 3 is 2.48 bits per heavy atom. The first-order chi connectivity index (χ1) is 12.0. The second-order valence-electron chi connectivity index (χ2n) is 5.84. The predicted molar refractivity (Wildman–Crippen MR) is 96.1 cm³/mol. The normalized spacial score (nSPS) is 10.6. The van der Waals surface area contributed by atoms with E-state index in [1.54, 1.807) is 6.07 Å². The number of anilines is 1. The Morgan fingerprint density at radius 1 is 1.16 bits per heavy atom. The number of aryl methyl sites for hydroxylation is 2. The first-order valence-electron chi connectivity index (χ1n) is 8.00. The summed E-state index contributed by atoms with van der Waals surface area (Å²) in [6, 6.07) is 13.4. The van der Waals surface area contributed by atoms with Crippen molar-refractivity contribution >= 4 is 11.5 Å². The van der Waals surface area contributed by atoms with Crippen LogP contribution in [0.25, 0.3) is 5.69 Å². The zero-order chi connectivity index (χ0) is 17.8. The largest absolute Gasteiger partial charge is 0.370 e. The highest BCUT2D eigenvalue weighted by Crippen LogP contribution is 2.14. The smallest absolute Gasteiger partial charge is 0.287 e. The van der Waals surface area contributed by atoms with Gasteiger partial charge in [-0.3, -0.25) is 10.1 Å². The standard InChI is InChI=1S/C18H19N5O2/c1-13-11-14(2)22(21-13)16-5-3-15(4-6-16)9-10-19-18-8-7-17(12-20-18)23(24)25/h3-8,11-12H,9-10H2,1-2H3,(H,19,20).